The van der Waals surface area contributed by atoms with Gasteiger partial charge in [0, 0.05) is 6.04 Å². The van der Waals surface area contributed by atoms with E-state index in [-0.39, 0.29) is 0 Å². The van der Waals surface area contributed by atoms with E-state index in [1.54, 1.807) is 25.7 Å². The van der Waals surface area contributed by atoms with Gasteiger partial charge in [0.15, 0.2) is 0 Å². The molecule has 0 amide bonds. The van der Waals surface area contributed by atoms with Crippen molar-refractivity contribution in [3.63, 3.8) is 0 Å². The lowest BCUT2D eigenvalue weighted by atomic mass is 9.72. The highest BCUT2D eigenvalue weighted by Crippen LogP contribution is 2.51. The van der Waals surface area contributed by atoms with Crippen LogP contribution in [0.3, 0.4) is 0 Å². The first kappa shape index (κ1) is 12.0. The first-order chi connectivity index (χ1) is 8.26. The molecule has 0 aliphatic heterocycles. The van der Waals surface area contributed by atoms with Gasteiger partial charge in [-0.3, -0.25) is 0 Å². The lowest BCUT2D eigenvalue weighted by Crippen LogP contribution is -2.39. The Balaban J connectivity index is 1.59. The van der Waals surface area contributed by atoms with Crippen LogP contribution in [-0.4, -0.2) is 13.1 Å². The molecule has 0 aromatic carbocycles. The van der Waals surface area contributed by atoms with Gasteiger partial charge in [-0.2, -0.15) is 0 Å². The van der Waals surface area contributed by atoms with E-state index in [0.29, 0.717) is 0 Å². The highest BCUT2D eigenvalue weighted by molar-refractivity contribution is 4.93. The summed E-state index contributed by atoms with van der Waals surface area (Å²) in [5.41, 5.74) is 0. The fourth-order valence-electron chi connectivity index (χ4n) is 5.19. The Morgan fingerprint density at radius 2 is 1.82 bits per heavy atom. The third-order valence-electron chi connectivity index (χ3n) is 6.11. The van der Waals surface area contributed by atoms with Gasteiger partial charge in [0.1, 0.15) is 0 Å². The summed E-state index contributed by atoms with van der Waals surface area (Å²) in [6.07, 6.45) is 12.2. The van der Waals surface area contributed by atoms with Crippen molar-refractivity contribution in [1.29, 1.82) is 0 Å². The Hall–Kier alpha value is -0.0400. The lowest BCUT2D eigenvalue weighted by Gasteiger charge is -2.37. The number of rotatable bonds is 3. The van der Waals surface area contributed by atoms with Crippen LogP contribution in [0.2, 0.25) is 0 Å². The Bertz CT molecular complexity index is 262. The van der Waals surface area contributed by atoms with Crippen molar-refractivity contribution in [3.05, 3.63) is 0 Å². The van der Waals surface area contributed by atoms with Crippen LogP contribution in [0, 0.1) is 29.6 Å². The topological polar surface area (TPSA) is 12.0 Å². The average molecular weight is 235 g/mol. The monoisotopic (exact) mass is 235 g/mol. The molecule has 1 heteroatoms. The minimum atomic E-state index is 0.824. The molecule has 0 aromatic rings. The fraction of sp³-hybridized carbons (Fsp3) is 1.00. The first-order valence-corrected chi connectivity index (χ1v) is 7.93. The minimum absolute atomic E-state index is 0.824. The normalized spacial score (nSPS) is 49.8. The molecule has 0 saturated heterocycles. The molecule has 6 atom stereocenters. The molecule has 1 N–H and O–H groups in total. The third-order valence-corrected chi connectivity index (χ3v) is 6.11. The van der Waals surface area contributed by atoms with E-state index < -0.39 is 0 Å². The van der Waals surface area contributed by atoms with Gasteiger partial charge < -0.3 is 5.32 Å². The standard InChI is InChI=1S/C16H29N/c1-11-3-6-16(17-2)15(7-11)10-14-9-12-4-5-13(14)8-12/h11-17H,3-10H2,1-2H3. The molecule has 0 spiro atoms. The van der Waals surface area contributed by atoms with Gasteiger partial charge in [-0.25, -0.2) is 0 Å². The Morgan fingerprint density at radius 1 is 0.941 bits per heavy atom. The molecule has 6 unspecified atom stereocenters. The molecule has 3 fully saturated rings. The van der Waals surface area contributed by atoms with Crippen LogP contribution in [0.4, 0.5) is 0 Å². The van der Waals surface area contributed by atoms with Gasteiger partial charge in [-0.05, 0) is 81.6 Å². The third kappa shape index (κ3) is 2.41. The second-order valence-electron chi connectivity index (χ2n) is 7.24. The maximum atomic E-state index is 3.59. The quantitative estimate of drug-likeness (QED) is 0.784. The maximum absolute atomic E-state index is 3.59. The van der Waals surface area contributed by atoms with Crippen molar-refractivity contribution >= 4 is 0 Å². The van der Waals surface area contributed by atoms with Gasteiger partial charge in [-0.15, -0.1) is 0 Å². The molecule has 2 bridgehead atoms. The number of fused-ring (bicyclic) bond motifs is 2. The van der Waals surface area contributed by atoms with Crippen molar-refractivity contribution in [2.75, 3.05) is 7.05 Å². The van der Waals surface area contributed by atoms with E-state index in [1.165, 1.54) is 25.7 Å². The zero-order valence-electron chi connectivity index (χ0n) is 11.6. The summed E-state index contributed by atoms with van der Waals surface area (Å²) in [5, 5.41) is 3.59. The molecule has 17 heavy (non-hydrogen) atoms. The molecule has 0 radical (unpaired) electrons. The summed E-state index contributed by atoms with van der Waals surface area (Å²) in [5.74, 6) is 5.30. The van der Waals surface area contributed by atoms with Gasteiger partial charge in [0.2, 0.25) is 0 Å². The Labute approximate surface area is 107 Å². The highest BCUT2D eigenvalue weighted by atomic mass is 14.9. The predicted molar refractivity (Wildman–Crippen MR) is 72.9 cm³/mol. The van der Waals surface area contributed by atoms with Gasteiger partial charge in [0.25, 0.3) is 0 Å². The summed E-state index contributed by atoms with van der Waals surface area (Å²) in [6, 6.07) is 0.824. The van der Waals surface area contributed by atoms with Crippen LogP contribution in [0.15, 0.2) is 0 Å². The van der Waals surface area contributed by atoms with Crippen molar-refractivity contribution in [3.8, 4) is 0 Å². The first-order valence-electron chi connectivity index (χ1n) is 7.93. The summed E-state index contributed by atoms with van der Waals surface area (Å²) in [4.78, 5) is 0. The van der Waals surface area contributed by atoms with Crippen LogP contribution in [-0.2, 0) is 0 Å². The molecule has 1 nitrogen and oxygen atoms in total. The zero-order valence-corrected chi connectivity index (χ0v) is 11.6. The fourth-order valence-corrected chi connectivity index (χ4v) is 5.19. The van der Waals surface area contributed by atoms with E-state index in [4.69, 9.17) is 0 Å². The Kier molecular flexibility index (Phi) is 3.47. The highest BCUT2D eigenvalue weighted by Gasteiger charge is 2.41. The van der Waals surface area contributed by atoms with Gasteiger partial charge >= 0.3 is 0 Å². The van der Waals surface area contributed by atoms with Crippen molar-refractivity contribution in [1.82, 2.24) is 5.32 Å². The van der Waals surface area contributed by atoms with E-state index in [9.17, 15) is 0 Å². The number of nitrogens with one attached hydrogen (secondary N) is 1. The number of hydrogen-bond acceptors (Lipinski definition) is 1. The SMILES string of the molecule is CNC1CCC(C)CC1CC1CC2CCC1C2. The summed E-state index contributed by atoms with van der Waals surface area (Å²) < 4.78 is 0. The minimum Gasteiger partial charge on any atom is -0.317 e. The van der Waals surface area contributed by atoms with Crippen molar-refractivity contribution in [2.24, 2.45) is 29.6 Å². The smallest absolute Gasteiger partial charge is 0.00926 e. The molecule has 3 aliphatic rings. The van der Waals surface area contributed by atoms with Crippen LogP contribution < -0.4 is 5.32 Å². The molecule has 3 rings (SSSR count). The van der Waals surface area contributed by atoms with Crippen molar-refractivity contribution < 1.29 is 0 Å². The number of hydrogen-bond donors (Lipinski definition) is 1. The molecule has 3 aliphatic carbocycles. The van der Waals surface area contributed by atoms with Gasteiger partial charge in [0.05, 0.1) is 0 Å². The van der Waals surface area contributed by atoms with Crippen LogP contribution in [0.1, 0.15) is 58.3 Å². The Morgan fingerprint density at radius 3 is 2.47 bits per heavy atom. The lowest BCUT2D eigenvalue weighted by molar-refractivity contribution is 0.164. The molecule has 98 valence electrons. The van der Waals surface area contributed by atoms with E-state index in [2.05, 4.69) is 19.3 Å². The second kappa shape index (κ2) is 4.91. The largest absolute Gasteiger partial charge is 0.317 e. The van der Waals surface area contributed by atoms with Crippen molar-refractivity contribution in [2.45, 2.75) is 64.3 Å². The van der Waals surface area contributed by atoms with Crippen LogP contribution in [0.25, 0.3) is 0 Å². The van der Waals surface area contributed by atoms with Gasteiger partial charge in [-0.1, -0.05) is 13.3 Å². The average Bonchev–Trinajstić information content (AvgIpc) is 2.91. The predicted octanol–water partition coefficient (Wildman–Crippen LogP) is 3.84. The molecular formula is C16H29N. The zero-order chi connectivity index (χ0) is 11.8. The van der Waals surface area contributed by atoms with Crippen LogP contribution in [0.5, 0.6) is 0 Å². The van der Waals surface area contributed by atoms with E-state index in [1.807, 2.05) is 0 Å². The molecular weight excluding hydrogens is 206 g/mol. The molecule has 3 saturated carbocycles. The van der Waals surface area contributed by atoms with E-state index >= 15 is 0 Å². The summed E-state index contributed by atoms with van der Waals surface area (Å²) in [7, 11) is 2.18. The van der Waals surface area contributed by atoms with E-state index in [0.717, 1.165) is 35.6 Å². The summed E-state index contributed by atoms with van der Waals surface area (Å²) in [6.45, 7) is 2.46. The maximum Gasteiger partial charge on any atom is 0.00926 e. The molecule has 0 aromatic heterocycles. The second-order valence-corrected chi connectivity index (χ2v) is 7.24. The summed E-state index contributed by atoms with van der Waals surface area (Å²) >= 11 is 0. The van der Waals surface area contributed by atoms with Crippen LogP contribution >= 0.6 is 0 Å². The molecule has 0 heterocycles.